The summed E-state index contributed by atoms with van der Waals surface area (Å²) in [5.74, 6) is 0.846. The highest BCUT2D eigenvalue weighted by Crippen LogP contribution is 2.43. The summed E-state index contributed by atoms with van der Waals surface area (Å²) in [6.07, 6.45) is 6.22. The van der Waals surface area contributed by atoms with Crippen molar-refractivity contribution in [2.75, 3.05) is 0 Å². The van der Waals surface area contributed by atoms with Crippen LogP contribution in [0.5, 0.6) is 0 Å². The minimum Gasteiger partial charge on any atom is -0.347 e. The lowest BCUT2D eigenvalue weighted by atomic mass is 10.1. The zero-order valence-electron chi connectivity index (χ0n) is 9.24. The Balaban J connectivity index is 2.19. The summed E-state index contributed by atoms with van der Waals surface area (Å²) >= 11 is 0. The number of nitrogens with zero attached hydrogens (tertiary/aromatic N) is 1. The van der Waals surface area contributed by atoms with Gasteiger partial charge in [0.05, 0.1) is 5.52 Å². The Hall–Kier alpha value is -1.24. The molecule has 0 radical (unpaired) electrons. The highest BCUT2D eigenvalue weighted by Gasteiger charge is 2.26. The maximum absolute atomic E-state index is 2.42. The number of para-hydroxylation sites is 1. The van der Waals surface area contributed by atoms with Gasteiger partial charge in [0, 0.05) is 12.7 Å². The predicted molar refractivity (Wildman–Crippen MR) is 64.2 cm³/mol. The molecule has 0 bridgehead atoms. The number of aromatic nitrogens is 1. The molecule has 0 N–H and O–H groups in total. The van der Waals surface area contributed by atoms with Crippen LogP contribution in [0.15, 0.2) is 30.5 Å². The molecule has 15 heavy (non-hydrogen) atoms. The molecular formula is C14H17N. The molecule has 3 rings (SSSR count). The molecule has 1 aliphatic carbocycles. The van der Waals surface area contributed by atoms with Crippen molar-refractivity contribution in [3.05, 3.63) is 36.0 Å². The van der Waals surface area contributed by atoms with Gasteiger partial charge < -0.3 is 4.57 Å². The fraction of sp³-hybridized carbons (Fsp3) is 0.429. The van der Waals surface area contributed by atoms with Crippen LogP contribution in [0.25, 0.3) is 10.9 Å². The van der Waals surface area contributed by atoms with Crippen LogP contribution in [0.2, 0.25) is 0 Å². The van der Waals surface area contributed by atoms with Crippen LogP contribution >= 0.6 is 0 Å². The van der Waals surface area contributed by atoms with Crippen molar-refractivity contribution in [2.45, 2.75) is 38.6 Å². The van der Waals surface area contributed by atoms with Crippen molar-refractivity contribution >= 4 is 10.9 Å². The minimum atomic E-state index is 0.846. The van der Waals surface area contributed by atoms with E-state index >= 15 is 0 Å². The number of fused-ring (bicyclic) bond motifs is 1. The third kappa shape index (κ3) is 1.46. The van der Waals surface area contributed by atoms with E-state index in [0.29, 0.717) is 0 Å². The number of benzene rings is 1. The zero-order chi connectivity index (χ0) is 10.3. The SMILES string of the molecule is CCCn1ccc2cccc(C3CC3)c21. The minimum absolute atomic E-state index is 0.846. The van der Waals surface area contributed by atoms with Gasteiger partial charge in [-0.1, -0.05) is 25.1 Å². The number of rotatable bonds is 3. The van der Waals surface area contributed by atoms with Gasteiger partial charge in [-0.25, -0.2) is 0 Å². The normalized spacial score (nSPS) is 16.1. The molecule has 1 fully saturated rings. The van der Waals surface area contributed by atoms with Gasteiger partial charge in [-0.3, -0.25) is 0 Å². The molecule has 0 saturated heterocycles. The van der Waals surface area contributed by atoms with E-state index in [0.717, 1.165) is 12.5 Å². The molecule has 0 spiro atoms. The molecule has 1 heteroatoms. The third-order valence-electron chi connectivity index (χ3n) is 3.30. The Kier molecular flexibility index (Phi) is 2.05. The van der Waals surface area contributed by atoms with Crippen LogP contribution < -0.4 is 0 Å². The van der Waals surface area contributed by atoms with E-state index in [1.54, 1.807) is 5.56 Å². The zero-order valence-corrected chi connectivity index (χ0v) is 9.24. The Bertz CT molecular complexity index is 477. The van der Waals surface area contributed by atoms with Gasteiger partial charge in [0.15, 0.2) is 0 Å². The summed E-state index contributed by atoms with van der Waals surface area (Å²) in [7, 11) is 0. The number of aryl methyl sites for hydroxylation is 1. The molecule has 2 aromatic rings. The van der Waals surface area contributed by atoms with Crippen LogP contribution in [0.4, 0.5) is 0 Å². The maximum atomic E-state index is 2.42. The van der Waals surface area contributed by atoms with Crippen LogP contribution in [-0.2, 0) is 6.54 Å². The second kappa shape index (κ2) is 3.41. The Morgan fingerprint density at radius 2 is 2.13 bits per heavy atom. The average molecular weight is 199 g/mol. The third-order valence-corrected chi connectivity index (χ3v) is 3.30. The summed E-state index contributed by atoms with van der Waals surface area (Å²) in [5.41, 5.74) is 3.06. The van der Waals surface area contributed by atoms with Crippen LogP contribution in [0, 0.1) is 0 Å². The average Bonchev–Trinajstić information content (AvgIpc) is 3.02. The fourth-order valence-electron chi connectivity index (χ4n) is 2.44. The Morgan fingerprint density at radius 1 is 1.27 bits per heavy atom. The molecule has 1 heterocycles. The summed E-state index contributed by atoms with van der Waals surface area (Å²) in [6.45, 7) is 3.39. The summed E-state index contributed by atoms with van der Waals surface area (Å²) in [4.78, 5) is 0. The van der Waals surface area contributed by atoms with E-state index in [1.807, 2.05) is 0 Å². The van der Waals surface area contributed by atoms with Crippen molar-refractivity contribution in [2.24, 2.45) is 0 Å². The van der Waals surface area contributed by atoms with Crippen molar-refractivity contribution in [1.29, 1.82) is 0 Å². The summed E-state index contributed by atoms with van der Waals surface area (Å²) in [5, 5.41) is 1.41. The van der Waals surface area contributed by atoms with Gasteiger partial charge in [0.2, 0.25) is 0 Å². The molecule has 0 amide bonds. The van der Waals surface area contributed by atoms with Gasteiger partial charge >= 0.3 is 0 Å². The molecule has 0 unspecified atom stereocenters. The van der Waals surface area contributed by atoms with Crippen molar-refractivity contribution in [3.8, 4) is 0 Å². The molecular weight excluding hydrogens is 182 g/mol. The van der Waals surface area contributed by atoms with E-state index in [9.17, 15) is 0 Å². The first-order valence-corrected chi connectivity index (χ1v) is 5.98. The van der Waals surface area contributed by atoms with Crippen LogP contribution in [-0.4, -0.2) is 4.57 Å². The first kappa shape index (κ1) is 9.02. The quantitative estimate of drug-likeness (QED) is 0.706. The van der Waals surface area contributed by atoms with Gasteiger partial charge in [-0.2, -0.15) is 0 Å². The van der Waals surface area contributed by atoms with Gasteiger partial charge in [0.25, 0.3) is 0 Å². The lowest BCUT2D eigenvalue weighted by Gasteiger charge is -2.07. The lowest BCUT2D eigenvalue weighted by molar-refractivity contribution is 0.701. The first-order chi connectivity index (χ1) is 7.40. The predicted octanol–water partition coefficient (Wildman–Crippen LogP) is 3.93. The number of hydrogen-bond acceptors (Lipinski definition) is 0. The molecule has 1 aromatic heterocycles. The van der Waals surface area contributed by atoms with Crippen molar-refractivity contribution in [1.82, 2.24) is 4.57 Å². The Labute approximate surface area is 90.7 Å². The van der Waals surface area contributed by atoms with Crippen LogP contribution in [0.1, 0.15) is 37.7 Å². The van der Waals surface area contributed by atoms with E-state index in [1.165, 1.54) is 30.2 Å². The summed E-state index contributed by atoms with van der Waals surface area (Å²) in [6, 6.07) is 8.99. The molecule has 1 aliphatic rings. The van der Waals surface area contributed by atoms with Crippen molar-refractivity contribution in [3.63, 3.8) is 0 Å². The van der Waals surface area contributed by atoms with Crippen LogP contribution in [0.3, 0.4) is 0 Å². The topological polar surface area (TPSA) is 4.93 Å². The second-order valence-electron chi connectivity index (χ2n) is 4.57. The highest BCUT2D eigenvalue weighted by molar-refractivity contribution is 5.84. The highest BCUT2D eigenvalue weighted by atomic mass is 15.0. The smallest absolute Gasteiger partial charge is 0.0515 e. The number of hydrogen-bond donors (Lipinski definition) is 0. The molecule has 78 valence electrons. The molecule has 1 aromatic carbocycles. The monoisotopic (exact) mass is 199 g/mol. The first-order valence-electron chi connectivity index (χ1n) is 5.98. The molecule has 1 saturated carbocycles. The summed E-state index contributed by atoms with van der Waals surface area (Å²) < 4.78 is 2.42. The molecule has 1 nitrogen and oxygen atoms in total. The van der Waals surface area contributed by atoms with E-state index in [-0.39, 0.29) is 0 Å². The van der Waals surface area contributed by atoms with Gasteiger partial charge in [-0.05, 0) is 42.2 Å². The van der Waals surface area contributed by atoms with Crippen molar-refractivity contribution < 1.29 is 0 Å². The Morgan fingerprint density at radius 3 is 2.87 bits per heavy atom. The molecule has 0 aliphatic heterocycles. The van der Waals surface area contributed by atoms with Gasteiger partial charge in [0.1, 0.15) is 0 Å². The lowest BCUT2D eigenvalue weighted by Crippen LogP contribution is -1.96. The van der Waals surface area contributed by atoms with E-state index in [2.05, 4.69) is 42.0 Å². The maximum Gasteiger partial charge on any atom is 0.0515 e. The van der Waals surface area contributed by atoms with E-state index < -0.39 is 0 Å². The fourth-order valence-corrected chi connectivity index (χ4v) is 2.44. The largest absolute Gasteiger partial charge is 0.347 e. The van der Waals surface area contributed by atoms with E-state index in [4.69, 9.17) is 0 Å². The standard InChI is InChI=1S/C14H17N/c1-2-9-15-10-8-12-4-3-5-13(14(12)15)11-6-7-11/h3-5,8,10-11H,2,6-7,9H2,1H3. The second-order valence-corrected chi connectivity index (χ2v) is 4.57. The molecule has 0 atom stereocenters. The van der Waals surface area contributed by atoms with Gasteiger partial charge in [-0.15, -0.1) is 0 Å².